The van der Waals surface area contributed by atoms with Gasteiger partial charge in [0.25, 0.3) is 0 Å². The summed E-state index contributed by atoms with van der Waals surface area (Å²) in [6, 6.07) is 17.8. The molecule has 23 heavy (non-hydrogen) atoms. The fraction of sp³-hybridized carbons (Fsp3) is 0.158. The summed E-state index contributed by atoms with van der Waals surface area (Å²) >= 11 is 0. The zero-order chi connectivity index (χ0) is 16.0. The van der Waals surface area contributed by atoms with Crippen LogP contribution in [-0.2, 0) is 4.79 Å². The van der Waals surface area contributed by atoms with E-state index in [0.717, 1.165) is 28.2 Å². The van der Waals surface area contributed by atoms with Gasteiger partial charge in [-0.3, -0.25) is 9.69 Å². The second-order valence-electron chi connectivity index (χ2n) is 5.75. The van der Waals surface area contributed by atoms with Gasteiger partial charge in [0, 0.05) is 0 Å². The number of carbonyl (C=O) groups is 1. The zero-order valence-corrected chi connectivity index (χ0v) is 13.0. The smallest absolute Gasteiger partial charge is 0.243 e. The van der Waals surface area contributed by atoms with E-state index in [2.05, 4.69) is 5.16 Å². The molecule has 1 aliphatic heterocycles. The molecule has 0 radical (unpaired) electrons. The Morgan fingerprint density at radius 2 is 1.70 bits per heavy atom. The van der Waals surface area contributed by atoms with Crippen molar-refractivity contribution in [3.05, 3.63) is 77.2 Å². The molecule has 0 saturated heterocycles. The number of benzene rings is 2. The number of carbonyl (C=O) groups excluding carboxylic acids is 1. The van der Waals surface area contributed by atoms with Crippen molar-refractivity contribution in [2.75, 3.05) is 4.90 Å². The lowest BCUT2D eigenvalue weighted by molar-refractivity contribution is -0.117. The van der Waals surface area contributed by atoms with Crippen LogP contribution >= 0.6 is 0 Å². The van der Waals surface area contributed by atoms with Gasteiger partial charge in [-0.1, -0.05) is 53.7 Å². The summed E-state index contributed by atoms with van der Waals surface area (Å²) in [6.07, 6.45) is 0. The van der Waals surface area contributed by atoms with E-state index >= 15 is 0 Å². The van der Waals surface area contributed by atoms with Crippen molar-refractivity contribution in [3.8, 4) is 0 Å². The molecular formula is C19H16N2O2. The number of fused-ring (bicyclic) bond motifs is 1. The first-order valence-electron chi connectivity index (χ1n) is 7.59. The van der Waals surface area contributed by atoms with Crippen LogP contribution in [0.1, 0.15) is 28.5 Å². The van der Waals surface area contributed by atoms with E-state index in [9.17, 15) is 4.79 Å². The van der Waals surface area contributed by atoms with Crippen LogP contribution in [-0.4, -0.2) is 11.1 Å². The first-order chi connectivity index (χ1) is 11.2. The quantitative estimate of drug-likeness (QED) is 0.716. The van der Waals surface area contributed by atoms with Crippen LogP contribution in [0.4, 0.5) is 11.4 Å². The third-order valence-corrected chi connectivity index (χ3v) is 4.31. The summed E-state index contributed by atoms with van der Waals surface area (Å²) in [6.45, 7) is 3.69. The van der Waals surface area contributed by atoms with Crippen LogP contribution in [0.3, 0.4) is 0 Å². The molecule has 0 bridgehead atoms. The van der Waals surface area contributed by atoms with E-state index in [-0.39, 0.29) is 11.8 Å². The van der Waals surface area contributed by atoms with Crippen molar-refractivity contribution in [1.82, 2.24) is 5.16 Å². The molecule has 2 aromatic carbocycles. The number of nitrogens with zero attached hydrogens (tertiary/aromatic N) is 2. The highest BCUT2D eigenvalue weighted by molar-refractivity contribution is 6.12. The second kappa shape index (κ2) is 5.09. The predicted octanol–water partition coefficient (Wildman–Crippen LogP) is 4.10. The lowest BCUT2D eigenvalue weighted by Crippen LogP contribution is -2.25. The minimum absolute atomic E-state index is 0.0341. The van der Waals surface area contributed by atoms with Crippen molar-refractivity contribution < 1.29 is 9.32 Å². The summed E-state index contributed by atoms with van der Waals surface area (Å²) < 4.78 is 5.27. The van der Waals surface area contributed by atoms with Crippen LogP contribution < -0.4 is 4.90 Å². The Labute approximate surface area is 134 Å². The molecule has 0 N–H and O–H groups in total. The fourth-order valence-electron chi connectivity index (χ4n) is 3.31. The molecule has 0 spiro atoms. The number of aromatic nitrogens is 1. The molecule has 1 amide bonds. The Kier molecular flexibility index (Phi) is 3.05. The van der Waals surface area contributed by atoms with E-state index in [0.29, 0.717) is 5.76 Å². The summed E-state index contributed by atoms with van der Waals surface area (Å²) in [5, 5.41) is 4.00. The lowest BCUT2D eigenvalue weighted by atomic mass is 9.93. The molecule has 4 nitrogen and oxygen atoms in total. The van der Waals surface area contributed by atoms with Crippen molar-refractivity contribution in [3.63, 3.8) is 0 Å². The van der Waals surface area contributed by atoms with E-state index in [1.54, 1.807) is 4.90 Å². The Morgan fingerprint density at radius 3 is 2.39 bits per heavy atom. The van der Waals surface area contributed by atoms with Gasteiger partial charge in [-0.05, 0) is 31.0 Å². The molecule has 0 aliphatic carbocycles. The van der Waals surface area contributed by atoms with Crippen molar-refractivity contribution in [2.45, 2.75) is 19.8 Å². The van der Waals surface area contributed by atoms with E-state index in [4.69, 9.17) is 4.52 Å². The molecule has 1 aromatic heterocycles. The second-order valence-corrected chi connectivity index (χ2v) is 5.75. The zero-order valence-electron chi connectivity index (χ0n) is 13.0. The summed E-state index contributed by atoms with van der Waals surface area (Å²) in [7, 11) is 0. The number of aryl methyl sites for hydroxylation is 2. The summed E-state index contributed by atoms with van der Waals surface area (Å²) in [5.74, 6) is 0.396. The maximum Gasteiger partial charge on any atom is 0.243 e. The predicted molar refractivity (Wildman–Crippen MR) is 87.9 cm³/mol. The monoisotopic (exact) mass is 304 g/mol. The molecule has 2 heterocycles. The standard InChI is InChI=1S/C19H16N2O2/c1-12-18(13(2)23-20-12)21-16-11-7-6-10-15(16)17(19(21)22)14-8-4-3-5-9-14/h3-11,17H,1-2H3. The number of para-hydroxylation sites is 1. The SMILES string of the molecule is Cc1noc(C)c1N1C(=O)C(c2ccccc2)c2ccccc21. The molecule has 1 atom stereocenters. The van der Waals surface area contributed by atoms with Crippen LogP contribution in [0, 0.1) is 13.8 Å². The topological polar surface area (TPSA) is 46.3 Å². The van der Waals surface area contributed by atoms with Crippen LogP contribution in [0.2, 0.25) is 0 Å². The van der Waals surface area contributed by atoms with Gasteiger partial charge >= 0.3 is 0 Å². The largest absolute Gasteiger partial charge is 0.359 e. The Morgan fingerprint density at radius 1 is 1.00 bits per heavy atom. The molecule has 4 heteroatoms. The summed E-state index contributed by atoms with van der Waals surface area (Å²) in [4.78, 5) is 15.0. The molecular weight excluding hydrogens is 288 g/mol. The van der Waals surface area contributed by atoms with Gasteiger partial charge < -0.3 is 4.52 Å². The van der Waals surface area contributed by atoms with Crippen molar-refractivity contribution in [1.29, 1.82) is 0 Å². The Hall–Kier alpha value is -2.88. The molecule has 0 fully saturated rings. The van der Waals surface area contributed by atoms with Crippen LogP contribution in [0.5, 0.6) is 0 Å². The van der Waals surface area contributed by atoms with Crippen LogP contribution in [0.15, 0.2) is 59.1 Å². The fourth-order valence-corrected chi connectivity index (χ4v) is 3.31. The molecule has 3 aromatic rings. The number of hydrogen-bond acceptors (Lipinski definition) is 3. The number of anilines is 2. The molecule has 0 saturated carbocycles. The van der Waals surface area contributed by atoms with Gasteiger partial charge in [0.1, 0.15) is 11.4 Å². The molecule has 1 unspecified atom stereocenters. The Balaban J connectivity index is 1.93. The third kappa shape index (κ3) is 1.99. The normalized spacial score (nSPS) is 16.7. The highest BCUT2D eigenvalue weighted by Gasteiger charge is 2.40. The molecule has 1 aliphatic rings. The van der Waals surface area contributed by atoms with Crippen molar-refractivity contribution in [2.24, 2.45) is 0 Å². The van der Waals surface area contributed by atoms with Gasteiger partial charge in [0.05, 0.1) is 11.6 Å². The lowest BCUT2D eigenvalue weighted by Gasteiger charge is -2.17. The minimum Gasteiger partial charge on any atom is -0.359 e. The highest BCUT2D eigenvalue weighted by atomic mass is 16.5. The van der Waals surface area contributed by atoms with E-state index < -0.39 is 0 Å². The van der Waals surface area contributed by atoms with Gasteiger partial charge in [0.15, 0.2) is 5.76 Å². The maximum atomic E-state index is 13.2. The van der Waals surface area contributed by atoms with Crippen LogP contribution in [0.25, 0.3) is 0 Å². The average Bonchev–Trinajstić information content (AvgIpc) is 3.04. The Bertz CT molecular complexity index is 864. The third-order valence-electron chi connectivity index (χ3n) is 4.31. The summed E-state index contributed by atoms with van der Waals surface area (Å²) in [5.41, 5.74) is 4.39. The minimum atomic E-state index is -0.291. The van der Waals surface area contributed by atoms with Gasteiger partial charge in [0.2, 0.25) is 5.91 Å². The first kappa shape index (κ1) is 13.8. The maximum absolute atomic E-state index is 13.2. The average molecular weight is 304 g/mol. The van der Waals surface area contributed by atoms with Crippen molar-refractivity contribution >= 4 is 17.3 Å². The van der Waals surface area contributed by atoms with Gasteiger partial charge in [-0.25, -0.2) is 0 Å². The molecule has 114 valence electrons. The highest BCUT2D eigenvalue weighted by Crippen LogP contribution is 2.46. The number of hydrogen-bond donors (Lipinski definition) is 0. The molecule has 4 rings (SSSR count). The van der Waals surface area contributed by atoms with E-state index in [1.165, 1.54) is 0 Å². The van der Waals surface area contributed by atoms with E-state index in [1.807, 2.05) is 68.4 Å². The first-order valence-corrected chi connectivity index (χ1v) is 7.59. The van der Waals surface area contributed by atoms with Gasteiger partial charge in [-0.2, -0.15) is 0 Å². The number of amides is 1. The van der Waals surface area contributed by atoms with Gasteiger partial charge in [-0.15, -0.1) is 0 Å². The number of rotatable bonds is 2.